The molecular weight excluding hydrogens is 454 g/mol. The molecule has 5 aromatic rings. The van der Waals surface area contributed by atoms with E-state index in [-0.39, 0.29) is 12.1 Å². The third-order valence-electron chi connectivity index (χ3n) is 5.41. The van der Waals surface area contributed by atoms with Crippen LogP contribution in [0.3, 0.4) is 0 Å². The van der Waals surface area contributed by atoms with Gasteiger partial charge in [-0.05, 0) is 48.9 Å². The van der Waals surface area contributed by atoms with Crippen LogP contribution in [0.2, 0.25) is 5.02 Å². The van der Waals surface area contributed by atoms with Crippen molar-refractivity contribution in [2.24, 2.45) is 0 Å². The molecule has 2 aromatic carbocycles. The normalized spacial score (nSPS) is 11.2. The molecule has 0 aliphatic heterocycles. The second-order valence-electron chi connectivity index (χ2n) is 7.81. The topological polar surface area (TPSA) is 87.5 Å². The number of hydrogen-bond donors (Lipinski definition) is 0. The fourth-order valence-electron chi connectivity index (χ4n) is 3.56. The Morgan fingerprint density at radius 1 is 1.09 bits per heavy atom. The SMILES string of the molecule is CCCCOc1ccc(-c2cc3c(=O)n(Cc4nc(-c5ccccc5Cl)no4)ccn3n2)cc1. The van der Waals surface area contributed by atoms with Gasteiger partial charge < -0.3 is 13.8 Å². The molecule has 0 aliphatic carbocycles. The number of aromatic nitrogens is 5. The smallest absolute Gasteiger partial charge is 0.277 e. The van der Waals surface area contributed by atoms with E-state index in [1.807, 2.05) is 42.5 Å². The van der Waals surface area contributed by atoms with Crippen molar-refractivity contribution in [3.63, 3.8) is 0 Å². The van der Waals surface area contributed by atoms with Gasteiger partial charge in [0.25, 0.3) is 5.56 Å². The van der Waals surface area contributed by atoms with E-state index in [2.05, 4.69) is 22.2 Å². The number of halogens is 1. The molecule has 3 aromatic heterocycles. The van der Waals surface area contributed by atoms with Crippen molar-refractivity contribution in [3.8, 4) is 28.4 Å². The van der Waals surface area contributed by atoms with E-state index in [0.29, 0.717) is 40.1 Å². The number of fused-ring (bicyclic) bond motifs is 1. The molecule has 0 amide bonds. The Hall–Kier alpha value is -3.91. The number of hydrogen-bond acceptors (Lipinski definition) is 6. The van der Waals surface area contributed by atoms with Crippen LogP contribution < -0.4 is 10.3 Å². The summed E-state index contributed by atoms with van der Waals surface area (Å²) in [6.45, 7) is 2.96. The first-order valence-corrected chi connectivity index (χ1v) is 11.4. The zero-order valence-corrected chi connectivity index (χ0v) is 19.3. The molecule has 0 bridgehead atoms. The summed E-state index contributed by atoms with van der Waals surface area (Å²) >= 11 is 6.22. The van der Waals surface area contributed by atoms with Gasteiger partial charge in [0, 0.05) is 23.5 Å². The molecular formula is C25H22ClN5O3. The van der Waals surface area contributed by atoms with Crippen molar-refractivity contribution in [1.82, 2.24) is 24.3 Å². The first-order valence-electron chi connectivity index (χ1n) is 11.0. The standard InChI is InChI=1S/C25H22ClN5O3/c1-2-3-14-33-18-10-8-17(9-11-18)21-15-22-25(32)30(12-13-31(22)28-21)16-23-27-24(29-34-23)19-6-4-5-7-20(19)26/h4-13,15H,2-3,14,16H2,1H3. The van der Waals surface area contributed by atoms with Crippen molar-refractivity contribution in [2.75, 3.05) is 6.61 Å². The fourth-order valence-corrected chi connectivity index (χ4v) is 3.79. The first-order chi connectivity index (χ1) is 16.6. The van der Waals surface area contributed by atoms with Gasteiger partial charge in [-0.15, -0.1) is 0 Å². The Kier molecular flexibility index (Phi) is 6.14. The molecule has 5 rings (SSSR count). The predicted molar refractivity (Wildman–Crippen MR) is 129 cm³/mol. The number of ether oxygens (including phenoxy) is 1. The van der Waals surface area contributed by atoms with Gasteiger partial charge in [0.1, 0.15) is 17.8 Å². The summed E-state index contributed by atoms with van der Waals surface area (Å²) < 4.78 is 14.2. The van der Waals surface area contributed by atoms with Crippen LogP contribution in [-0.4, -0.2) is 30.9 Å². The van der Waals surface area contributed by atoms with Gasteiger partial charge in [0.15, 0.2) is 0 Å². The summed E-state index contributed by atoms with van der Waals surface area (Å²) in [4.78, 5) is 17.5. The highest BCUT2D eigenvalue weighted by atomic mass is 35.5. The van der Waals surface area contributed by atoms with E-state index in [4.69, 9.17) is 20.9 Å². The highest BCUT2D eigenvalue weighted by molar-refractivity contribution is 6.33. The molecule has 0 spiro atoms. The summed E-state index contributed by atoms with van der Waals surface area (Å²) in [5.74, 6) is 1.50. The Labute approximate surface area is 200 Å². The van der Waals surface area contributed by atoms with Crippen LogP contribution in [0.15, 0.2) is 76.3 Å². The minimum absolute atomic E-state index is 0.136. The molecule has 0 aliphatic rings. The van der Waals surface area contributed by atoms with Crippen molar-refractivity contribution in [1.29, 1.82) is 0 Å². The van der Waals surface area contributed by atoms with E-state index in [9.17, 15) is 4.79 Å². The van der Waals surface area contributed by atoms with Crippen molar-refractivity contribution in [2.45, 2.75) is 26.3 Å². The average molecular weight is 476 g/mol. The van der Waals surface area contributed by atoms with E-state index in [0.717, 1.165) is 24.2 Å². The minimum Gasteiger partial charge on any atom is -0.494 e. The van der Waals surface area contributed by atoms with E-state index >= 15 is 0 Å². The van der Waals surface area contributed by atoms with E-state index < -0.39 is 0 Å². The largest absolute Gasteiger partial charge is 0.494 e. The van der Waals surface area contributed by atoms with Gasteiger partial charge in [0.2, 0.25) is 11.7 Å². The predicted octanol–water partition coefficient (Wildman–Crippen LogP) is 5.09. The molecule has 0 saturated heterocycles. The summed E-state index contributed by atoms with van der Waals surface area (Å²) in [6.07, 6.45) is 5.49. The summed E-state index contributed by atoms with van der Waals surface area (Å²) in [6, 6.07) is 16.7. The number of nitrogens with zero attached hydrogens (tertiary/aromatic N) is 5. The van der Waals surface area contributed by atoms with E-state index in [1.165, 1.54) is 4.57 Å². The third-order valence-corrected chi connectivity index (χ3v) is 5.74. The lowest BCUT2D eigenvalue weighted by Gasteiger charge is -2.05. The quantitative estimate of drug-likeness (QED) is 0.290. The molecule has 9 heteroatoms. The van der Waals surface area contributed by atoms with Crippen molar-refractivity contribution >= 4 is 17.1 Å². The second kappa shape index (κ2) is 9.52. The molecule has 8 nitrogen and oxygen atoms in total. The second-order valence-corrected chi connectivity index (χ2v) is 8.22. The van der Waals surface area contributed by atoms with Crippen LogP contribution in [0.25, 0.3) is 28.2 Å². The Morgan fingerprint density at radius 2 is 1.91 bits per heavy atom. The van der Waals surface area contributed by atoms with Crippen LogP contribution in [-0.2, 0) is 6.54 Å². The van der Waals surface area contributed by atoms with Crippen LogP contribution in [0.5, 0.6) is 5.75 Å². The van der Waals surface area contributed by atoms with Crippen LogP contribution >= 0.6 is 11.6 Å². The monoisotopic (exact) mass is 475 g/mol. The molecule has 0 unspecified atom stereocenters. The number of benzene rings is 2. The molecule has 34 heavy (non-hydrogen) atoms. The molecule has 0 radical (unpaired) electrons. The van der Waals surface area contributed by atoms with E-state index in [1.54, 1.807) is 29.0 Å². The molecule has 3 heterocycles. The van der Waals surface area contributed by atoms with Gasteiger partial charge in [0.05, 0.1) is 17.3 Å². The molecule has 0 N–H and O–H groups in total. The number of unbranched alkanes of at least 4 members (excludes halogenated alkanes) is 1. The van der Waals surface area contributed by atoms with Gasteiger partial charge in [-0.1, -0.05) is 42.2 Å². The summed E-state index contributed by atoms with van der Waals surface area (Å²) in [5.41, 5.74) is 2.52. The minimum atomic E-state index is -0.210. The van der Waals surface area contributed by atoms with Gasteiger partial charge in [-0.3, -0.25) is 4.79 Å². The first kappa shape index (κ1) is 21.9. The Bertz CT molecular complexity index is 1490. The Morgan fingerprint density at radius 3 is 2.71 bits per heavy atom. The third kappa shape index (κ3) is 4.45. The van der Waals surface area contributed by atoms with Gasteiger partial charge >= 0.3 is 0 Å². The van der Waals surface area contributed by atoms with Gasteiger partial charge in [-0.2, -0.15) is 10.1 Å². The zero-order chi connectivity index (χ0) is 23.5. The molecule has 0 atom stereocenters. The fraction of sp³-hybridized carbons (Fsp3) is 0.200. The lowest BCUT2D eigenvalue weighted by Crippen LogP contribution is -2.21. The molecule has 0 fully saturated rings. The maximum absolute atomic E-state index is 13.1. The van der Waals surface area contributed by atoms with Crippen molar-refractivity contribution in [3.05, 3.63) is 88.3 Å². The van der Waals surface area contributed by atoms with Gasteiger partial charge in [-0.25, -0.2) is 4.52 Å². The molecule has 172 valence electrons. The highest BCUT2D eigenvalue weighted by Gasteiger charge is 2.14. The zero-order valence-electron chi connectivity index (χ0n) is 18.5. The Balaban J connectivity index is 1.37. The summed E-state index contributed by atoms with van der Waals surface area (Å²) in [5, 5.41) is 9.07. The average Bonchev–Trinajstić information content (AvgIpc) is 3.50. The maximum Gasteiger partial charge on any atom is 0.277 e. The summed E-state index contributed by atoms with van der Waals surface area (Å²) in [7, 11) is 0. The van der Waals surface area contributed by atoms with Crippen molar-refractivity contribution < 1.29 is 9.26 Å². The maximum atomic E-state index is 13.1. The lowest BCUT2D eigenvalue weighted by molar-refractivity contribution is 0.309. The highest BCUT2D eigenvalue weighted by Crippen LogP contribution is 2.25. The molecule has 0 saturated carbocycles. The van der Waals surface area contributed by atoms with Crippen LogP contribution in [0, 0.1) is 0 Å². The number of rotatable bonds is 8. The van der Waals surface area contributed by atoms with Crippen LogP contribution in [0.1, 0.15) is 25.7 Å². The lowest BCUT2D eigenvalue weighted by atomic mass is 10.1. The van der Waals surface area contributed by atoms with Crippen LogP contribution in [0.4, 0.5) is 0 Å².